The van der Waals surface area contributed by atoms with E-state index in [-0.39, 0.29) is 18.4 Å². The van der Waals surface area contributed by atoms with Crippen molar-refractivity contribution in [3.05, 3.63) is 54.4 Å². The lowest BCUT2D eigenvalue weighted by molar-refractivity contribution is -0.135. The summed E-state index contributed by atoms with van der Waals surface area (Å²) in [6.45, 7) is 3.46. The van der Waals surface area contributed by atoms with E-state index in [9.17, 15) is 14.3 Å². The van der Waals surface area contributed by atoms with Crippen LogP contribution in [0.3, 0.4) is 0 Å². The van der Waals surface area contributed by atoms with E-state index in [0.29, 0.717) is 24.6 Å². The number of amides is 1. The molecule has 3 atom stereocenters. The molecule has 3 unspecified atom stereocenters. The summed E-state index contributed by atoms with van der Waals surface area (Å²) in [4.78, 5) is 18.4. The second-order valence-corrected chi connectivity index (χ2v) is 6.46. The Balaban J connectivity index is 1.64. The largest absolute Gasteiger partial charge is 0.388 e. The van der Waals surface area contributed by atoms with Crippen molar-refractivity contribution in [2.45, 2.75) is 31.9 Å². The molecular formula is C18H22FN3O2. The summed E-state index contributed by atoms with van der Waals surface area (Å²) < 4.78 is 15.3. The van der Waals surface area contributed by atoms with Crippen LogP contribution in [-0.4, -0.2) is 38.6 Å². The standard InChI is InChI=1S/C18H22FN3O2/c1-13-5-7-21(11-16(13)22-8-6-20-12-22)18(24)10-17(23)14-3-2-4-15(19)9-14/h2-4,6,8-9,12-13,16-17,23H,5,7,10-11H2,1H3. The van der Waals surface area contributed by atoms with Crippen LogP contribution in [0.25, 0.3) is 0 Å². The first-order valence-electron chi connectivity index (χ1n) is 8.23. The fourth-order valence-electron chi connectivity index (χ4n) is 3.26. The number of carbonyl (C=O) groups is 1. The van der Waals surface area contributed by atoms with Crippen LogP contribution in [0.2, 0.25) is 0 Å². The summed E-state index contributed by atoms with van der Waals surface area (Å²) in [6, 6.07) is 5.95. The molecule has 1 aliphatic rings. The molecule has 24 heavy (non-hydrogen) atoms. The maximum Gasteiger partial charge on any atom is 0.225 e. The van der Waals surface area contributed by atoms with Crippen LogP contribution in [0.5, 0.6) is 0 Å². The van der Waals surface area contributed by atoms with Crippen LogP contribution in [0.1, 0.15) is 37.5 Å². The third-order valence-electron chi connectivity index (χ3n) is 4.78. The van der Waals surface area contributed by atoms with E-state index in [1.54, 1.807) is 23.5 Å². The normalized spacial score (nSPS) is 22.4. The first-order chi connectivity index (χ1) is 11.5. The molecule has 0 radical (unpaired) electrons. The number of aliphatic hydroxyl groups is 1. The second-order valence-electron chi connectivity index (χ2n) is 6.46. The molecule has 1 aromatic carbocycles. The van der Waals surface area contributed by atoms with Crippen LogP contribution in [-0.2, 0) is 4.79 Å². The van der Waals surface area contributed by atoms with E-state index in [1.807, 2.05) is 10.8 Å². The average molecular weight is 331 g/mol. The Hall–Kier alpha value is -2.21. The van der Waals surface area contributed by atoms with Gasteiger partial charge in [0.05, 0.1) is 24.9 Å². The highest BCUT2D eigenvalue weighted by molar-refractivity contribution is 5.77. The summed E-state index contributed by atoms with van der Waals surface area (Å²) in [5, 5.41) is 10.2. The van der Waals surface area contributed by atoms with Gasteiger partial charge in [0.25, 0.3) is 0 Å². The van der Waals surface area contributed by atoms with E-state index in [4.69, 9.17) is 0 Å². The molecule has 0 saturated carbocycles. The van der Waals surface area contributed by atoms with Crippen molar-refractivity contribution in [1.29, 1.82) is 0 Å². The number of aromatic nitrogens is 2. The summed E-state index contributed by atoms with van der Waals surface area (Å²) in [5.41, 5.74) is 0.430. The number of hydrogen-bond donors (Lipinski definition) is 1. The molecule has 1 aromatic heterocycles. The van der Waals surface area contributed by atoms with Crippen LogP contribution < -0.4 is 0 Å². The van der Waals surface area contributed by atoms with Crippen molar-refractivity contribution in [3.63, 3.8) is 0 Å². The van der Waals surface area contributed by atoms with E-state index in [0.717, 1.165) is 6.42 Å². The third kappa shape index (κ3) is 3.64. The van der Waals surface area contributed by atoms with Crippen molar-refractivity contribution < 1.29 is 14.3 Å². The number of rotatable bonds is 4. The first-order valence-corrected chi connectivity index (χ1v) is 8.23. The van der Waals surface area contributed by atoms with Gasteiger partial charge in [0, 0.05) is 25.5 Å². The number of benzene rings is 1. The van der Waals surface area contributed by atoms with Gasteiger partial charge in [-0.15, -0.1) is 0 Å². The minimum Gasteiger partial charge on any atom is -0.388 e. The van der Waals surface area contributed by atoms with Gasteiger partial charge in [-0.2, -0.15) is 0 Å². The molecule has 2 heterocycles. The zero-order chi connectivity index (χ0) is 17.1. The van der Waals surface area contributed by atoms with E-state index >= 15 is 0 Å². The van der Waals surface area contributed by atoms with Gasteiger partial charge < -0.3 is 14.6 Å². The predicted molar refractivity (Wildman–Crippen MR) is 87.6 cm³/mol. The van der Waals surface area contributed by atoms with Crippen LogP contribution >= 0.6 is 0 Å². The smallest absolute Gasteiger partial charge is 0.225 e. The number of halogens is 1. The maximum atomic E-state index is 13.3. The predicted octanol–water partition coefficient (Wildman–Crippen LogP) is 2.56. The lowest BCUT2D eigenvalue weighted by Crippen LogP contribution is -2.44. The Morgan fingerprint density at radius 3 is 3.04 bits per heavy atom. The van der Waals surface area contributed by atoms with Gasteiger partial charge in [-0.25, -0.2) is 9.37 Å². The molecule has 2 aromatic rings. The van der Waals surface area contributed by atoms with Gasteiger partial charge in [0.2, 0.25) is 5.91 Å². The number of hydrogen-bond acceptors (Lipinski definition) is 3. The number of likely N-dealkylation sites (tertiary alicyclic amines) is 1. The SMILES string of the molecule is CC1CCN(C(=O)CC(O)c2cccc(F)c2)CC1n1ccnc1. The van der Waals surface area contributed by atoms with Crippen LogP contribution in [0, 0.1) is 11.7 Å². The van der Waals surface area contributed by atoms with Crippen LogP contribution in [0.4, 0.5) is 4.39 Å². The van der Waals surface area contributed by atoms with E-state index in [2.05, 4.69) is 11.9 Å². The zero-order valence-corrected chi connectivity index (χ0v) is 13.7. The number of imidazole rings is 1. The minimum absolute atomic E-state index is 0.0333. The number of piperidine rings is 1. The quantitative estimate of drug-likeness (QED) is 0.937. The van der Waals surface area contributed by atoms with Gasteiger partial charge in [0.1, 0.15) is 5.82 Å². The highest BCUT2D eigenvalue weighted by atomic mass is 19.1. The molecule has 3 rings (SSSR count). The van der Waals surface area contributed by atoms with Gasteiger partial charge in [-0.3, -0.25) is 4.79 Å². The summed E-state index contributed by atoms with van der Waals surface area (Å²) in [7, 11) is 0. The van der Waals surface area contributed by atoms with Crippen molar-refractivity contribution in [3.8, 4) is 0 Å². The Morgan fingerprint density at radius 1 is 1.50 bits per heavy atom. The molecule has 5 nitrogen and oxygen atoms in total. The summed E-state index contributed by atoms with van der Waals surface area (Å²) in [6.07, 6.45) is 5.31. The maximum absolute atomic E-state index is 13.3. The van der Waals surface area contributed by atoms with Gasteiger partial charge in [-0.1, -0.05) is 19.1 Å². The highest BCUT2D eigenvalue weighted by Crippen LogP contribution is 2.28. The Morgan fingerprint density at radius 2 is 2.33 bits per heavy atom. The molecular weight excluding hydrogens is 309 g/mol. The van der Waals surface area contributed by atoms with E-state index < -0.39 is 11.9 Å². The molecule has 0 bridgehead atoms. The number of aliphatic hydroxyl groups excluding tert-OH is 1. The summed E-state index contributed by atoms with van der Waals surface area (Å²) in [5.74, 6) is -0.0638. The third-order valence-corrected chi connectivity index (χ3v) is 4.78. The fourth-order valence-corrected chi connectivity index (χ4v) is 3.26. The lowest BCUT2D eigenvalue weighted by Gasteiger charge is -2.38. The second kappa shape index (κ2) is 7.13. The molecule has 6 heteroatoms. The molecule has 1 aliphatic heterocycles. The molecule has 0 aliphatic carbocycles. The number of carbonyl (C=O) groups excluding carboxylic acids is 1. The van der Waals surface area contributed by atoms with Gasteiger partial charge in [-0.05, 0) is 30.0 Å². The van der Waals surface area contributed by atoms with Crippen molar-refractivity contribution in [2.24, 2.45) is 5.92 Å². The molecule has 1 amide bonds. The first kappa shape index (κ1) is 16.6. The van der Waals surface area contributed by atoms with Crippen molar-refractivity contribution in [2.75, 3.05) is 13.1 Å². The monoisotopic (exact) mass is 331 g/mol. The highest BCUT2D eigenvalue weighted by Gasteiger charge is 2.30. The average Bonchev–Trinajstić information content (AvgIpc) is 3.09. The Kier molecular flexibility index (Phi) is 4.94. The molecule has 1 saturated heterocycles. The minimum atomic E-state index is -0.987. The number of nitrogens with zero attached hydrogens (tertiary/aromatic N) is 3. The Bertz CT molecular complexity index is 689. The van der Waals surface area contributed by atoms with Gasteiger partial charge >= 0.3 is 0 Å². The lowest BCUT2D eigenvalue weighted by atomic mass is 9.92. The topological polar surface area (TPSA) is 58.4 Å². The van der Waals surface area contributed by atoms with Crippen LogP contribution in [0.15, 0.2) is 43.0 Å². The Labute approximate surface area is 140 Å². The molecule has 1 N–H and O–H groups in total. The van der Waals surface area contributed by atoms with Gasteiger partial charge in [0.15, 0.2) is 0 Å². The van der Waals surface area contributed by atoms with Crippen molar-refractivity contribution in [1.82, 2.24) is 14.5 Å². The summed E-state index contributed by atoms with van der Waals surface area (Å²) >= 11 is 0. The van der Waals surface area contributed by atoms with Crippen molar-refractivity contribution >= 4 is 5.91 Å². The zero-order valence-electron chi connectivity index (χ0n) is 13.7. The molecule has 128 valence electrons. The molecule has 1 fully saturated rings. The van der Waals surface area contributed by atoms with E-state index in [1.165, 1.54) is 18.2 Å². The fraction of sp³-hybridized carbons (Fsp3) is 0.444. The molecule has 0 spiro atoms.